The molecular weight excluding hydrogens is 155 g/mol. The lowest BCUT2D eigenvalue weighted by Gasteiger charge is -2.07. The Bertz CT molecular complexity index is 351. The number of ether oxygens (including phenoxy) is 1. The number of hydrogen-bond acceptors (Lipinski definition) is 3. The van der Waals surface area contributed by atoms with Crippen LogP contribution < -0.4 is 10.2 Å². The second-order valence-electron chi connectivity index (χ2n) is 2.33. The van der Waals surface area contributed by atoms with E-state index in [1.165, 1.54) is 25.3 Å². The van der Waals surface area contributed by atoms with Crippen molar-refractivity contribution in [3.8, 4) is 5.75 Å². The van der Waals surface area contributed by atoms with Gasteiger partial charge in [0.25, 0.3) is 0 Å². The van der Waals surface area contributed by atoms with E-state index >= 15 is 0 Å². The molecule has 0 heterocycles. The predicted molar refractivity (Wildman–Crippen MR) is 47.6 cm³/mol. The number of methoxy groups -OCH3 is 1. The summed E-state index contributed by atoms with van der Waals surface area (Å²) in [6.45, 7) is -2.23. The van der Waals surface area contributed by atoms with Crippen LogP contribution in [-0.4, -0.2) is 24.3 Å². The quantitative estimate of drug-likeness (QED) is 0.596. The highest BCUT2D eigenvalue weighted by Gasteiger charge is 2.15. The van der Waals surface area contributed by atoms with Crippen molar-refractivity contribution in [2.24, 2.45) is 0 Å². The summed E-state index contributed by atoms with van der Waals surface area (Å²) >= 11 is 0. The molecule has 0 aliphatic heterocycles. The number of aryl methyl sites for hydroxylation is 1. The van der Waals surface area contributed by atoms with Crippen LogP contribution in [0.5, 0.6) is 5.75 Å². The zero-order valence-electron chi connectivity index (χ0n) is 9.61. The van der Waals surface area contributed by atoms with E-state index in [2.05, 4.69) is 0 Å². The summed E-state index contributed by atoms with van der Waals surface area (Å²) in [4.78, 5) is 0. The monoisotopic (exact) mass is 169 g/mol. The highest BCUT2D eigenvalue weighted by molar-refractivity contribution is 6.59. The molecule has 0 aliphatic rings. The summed E-state index contributed by atoms with van der Waals surface area (Å²) in [7, 11) is -0.338. The number of hydrogen-bond donors (Lipinski definition) is 2. The Hall–Kier alpha value is -0.995. The van der Waals surface area contributed by atoms with Gasteiger partial charge in [-0.2, -0.15) is 0 Å². The van der Waals surface area contributed by atoms with E-state index in [0.717, 1.165) is 0 Å². The van der Waals surface area contributed by atoms with Crippen molar-refractivity contribution in [1.82, 2.24) is 0 Å². The Morgan fingerprint density at radius 2 is 2.25 bits per heavy atom. The van der Waals surface area contributed by atoms with E-state index in [1.54, 1.807) is 0 Å². The Balaban J connectivity index is 3.19. The number of benzene rings is 1. The summed E-state index contributed by atoms with van der Waals surface area (Å²) in [5.74, 6) is 0.152. The molecule has 0 aliphatic carbocycles. The van der Waals surface area contributed by atoms with Gasteiger partial charge in [-0.15, -0.1) is 0 Å². The molecule has 12 heavy (non-hydrogen) atoms. The smallest absolute Gasteiger partial charge is 0.492 e. The van der Waals surface area contributed by atoms with Crippen molar-refractivity contribution in [2.45, 2.75) is 6.85 Å². The fourth-order valence-corrected chi connectivity index (χ4v) is 0.924. The molecule has 64 valence electrons. The van der Waals surface area contributed by atoms with Crippen LogP contribution in [0.1, 0.15) is 9.68 Å². The van der Waals surface area contributed by atoms with Gasteiger partial charge < -0.3 is 14.8 Å². The van der Waals surface area contributed by atoms with Crippen molar-refractivity contribution in [2.75, 3.05) is 7.11 Å². The van der Waals surface area contributed by atoms with Gasteiger partial charge in [-0.25, -0.2) is 0 Å². The first-order chi connectivity index (χ1) is 6.86. The van der Waals surface area contributed by atoms with E-state index in [1.807, 2.05) is 0 Å². The van der Waals surface area contributed by atoms with Crippen molar-refractivity contribution in [3.63, 3.8) is 0 Å². The zero-order chi connectivity index (χ0) is 11.6. The van der Waals surface area contributed by atoms with Crippen molar-refractivity contribution in [1.29, 1.82) is 0 Å². The molecule has 0 fully saturated rings. The van der Waals surface area contributed by atoms with Gasteiger partial charge in [0, 0.05) is 9.58 Å². The molecule has 0 atom stereocenters. The molecule has 0 amide bonds. The van der Waals surface area contributed by atoms with Crippen LogP contribution in [0, 0.1) is 6.85 Å². The lowest BCUT2D eigenvalue weighted by Crippen LogP contribution is -2.31. The third-order valence-electron chi connectivity index (χ3n) is 1.51. The van der Waals surface area contributed by atoms with Crippen LogP contribution in [0.2, 0.25) is 0 Å². The highest BCUT2D eigenvalue weighted by atomic mass is 16.5. The molecule has 1 aromatic rings. The third kappa shape index (κ3) is 1.78. The van der Waals surface area contributed by atoms with Crippen LogP contribution in [-0.2, 0) is 0 Å². The average Bonchev–Trinajstić information content (AvgIpc) is 2.15. The Labute approximate surface area is 76.0 Å². The van der Waals surface area contributed by atoms with E-state index in [0.29, 0.717) is 0 Å². The Morgan fingerprint density at radius 1 is 1.50 bits per heavy atom. The molecule has 0 saturated carbocycles. The molecule has 0 aromatic heterocycles. The predicted octanol–water partition coefficient (Wildman–Crippen LogP) is -0.317. The number of rotatable bonds is 2. The molecule has 0 unspecified atom stereocenters. The lowest BCUT2D eigenvalue weighted by molar-refractivity contribution is 0.403. The molecule has 1 aromatic carbocycles. The molecule has 1 rings (SSSR count). The maximum atomic E-state index is 8.96. The van der Waals surface area contributed by atoms with Crippen molar-refractivity contribution < 1.29 is 18.9 Å². The van der Waals surface area contributed by atoms with Gasteiger partial charge in [0.15, 0.2) is 0 Å². The van der Waals surface area contributed by atoms with Gasteiger partial charge in [0.1, 0.15) is 5.75 Å². The molecule has 0 radical (unpaired) electrons. The summed E-state index contributed by atoms with van der Waals surface area (Å²) < 4.78 is 26.4. The van der Waals surface area contributed by atoms with E-state index in [4.69, 9.17) is 18.9 Å². The second-order valence-corrected chi connectivity index (χ2v) is 2.33. The van der Waals surface area contributed by atoms with Gasteiger partial charge in [0.05, 0.1) is 7.11 Å². The molecule has 2 N–H and O–H groups in total. The van der Waals surface area contributed by atoms with Crippen LogP contribution in [0.25, 0.3) is 0 Å². The van der Waals surface area contributed by atoms with E-state index < -0.39 is 14.0 Å². The summed E-state index contributed by atoms with van der Waals surface area (Å²) in [5, 5.41) is 17.9. The minimum absolute atomic E-state index is 0.101. The van der Waals surface area contributed by atoms with Crippen molar-refractivity contribution >= 4 is 12.6 Å². The molecule has 3 nitrogen and oxygen atoms in total. The summed E-state index contributed by atoms with van der Waals surface area (Å²) in [5.41, 5.74) is 0.245. The van der Waals surface area contributed by atoms with Gasteiger partial charge in [-0.3, -0.25) is 0 Å². The first-order valence-corrected chi connectivity index (χ1v) is 3.41. The van der Waals surface area contributed by atoms with Crippen LogP contribution in [0.4, 0.5) is 0 Å². The SMILES string of the molecule is [2H]C([2H])([2H])c1ccc(B(O)O)c(OC)c1. The van der Waals surface area contributed by atoms with Gasteiger partial charge in [-0.1, -0.05) is 12.1 Å². The summed E-state index contributed by atoms with van der Waals surface area (Å²) in [6, 6.07) is 3.93. The topological polar surface area (TPSA) is 49.7 Å². The minimum Gasteiger partial charge on any atom is -0.497 e. The fraction of sp³-hybridized carbons (Fsp3) is 0.250. The van der Waals surface area contributed by atoms with Gasteiger partial charge in [0.2, 0.25) is 0 Å². The molecular formula is C8H11BO3. The van der Waals surface area contributed by atoms with Crippen LogP contribution in [0.15, 0.2) is 18.2 Å². The van der Waals surface area contributed by atoms with Gasteiger partial charge in [-0.05, 0) is 18.5 Å². The maximum absolute atomic E-state index is 8.96. The molecule has 0 bridgehead atoms. The summed E-state index contributed by atoms with van der Waals surface area (Å²) in [6.07, 6.45) is 0. The highest BCUT2D eigenvalue weighted by Crippen LogP contribution is 2.09. The Kier molecular flexibility index (Phi) is 1.69. The minimum atomic E-state index is -2.23. The molecule has 0 spiro atoms. The largest absolute Gasteiger partial charge is 0.497 e. The van der Waals surface area contributed by atoms with Gasteiger partial charge >= 0.3 is 7.12 Å². The first kappa shape index (κ1) is 5.62. The first-order valence-electron chi connectivity index (χ1n) is 4.91. The lowest BCUT2D eigenvalue weighted by atomic mass is 9.79. The third-order valence-corrected chi connectivity index (χ3v) is 1.51. The molecule has 4 heteroatoms. The standard InChI is InChI=1S/C8H11BO3/c1-6-3-4-7(9(10)11)8(5-6)12-2/h3-5,10-11H,1-2H3/i1D3. The maximum Gasteiger partial charge on any atom is 0.492 e. The van der Waals surface area contributed by atoms with E-state index in [-0.39, 0.29) is 16.8 Å². The normalized spacial score (nSPS) is 14.4. The zero-order valence-corrected chi connectivity index (χ0v) is 6.61. The molecule has 0 saturated heterocycles. The second kappa shape index (κ2) is 3.60. The fourth-order valence-electron chi connectivity index (χ4n) is 0.924. The van der Waals surface area contributed by atoms with E-state index in [9.17, 15) is 0 Å². The van der Waals surface area contributed by atoms with Crippen LogP contribution in [0.3, 0.4) is 0 Å². The Morgan fingerprint density at radius 3 is 2.75 bits per heavy atom. The average molecular weight is 169 g/mol. The van der Waals surface area contributed by atoms with Crippen molar-refractivity contribution in [3.05, 3.63) is 23.8 Å². The van der Waals surface area contributed by atoms with Crippen LogP contribution >= 0.6 is 0 Å².